The summed E-state index contributed by atoms with van der Waals surface area (Å²) in [5.41, 5.74) is 0. The van der Waals surface area contributed by atoms with Gasteiger partial charge >= 0.3 is 0 Å². The summed E-state index contributed by atoms with van der Waals surface area (Å²) in [6.45, 7) is 11.6. The van der Waals surface area contributed by atoms with Crippen LogP contribution in [0.15, 0.2) is 0 Å². The van der Waals surface area contributed by atoms with Gasteiger partial charge in [-0.15, -0.1) is 0 Å². The van der Waals surface area contributed by atoms with Crippen molar-refractivity contribution < 1.29 is 14.2 Å². The molecular weight excluding hydrogens is 218 g/mol. The van der Waals surface area contributed by atoms with Crippen LogP contribution in [0.4, 0.5) is 0 Å². The van der Waals surface area contributed by atoms with Gasteiger partial charge in [0.25, 0.3) is 0 Å². The van der Waals surface area contributed by atoms with Crippen LogP contribution in [0.5, 0.6) is 0 Å². The molecule has 0 bridgehead atoms. The largest absolute Gasteiger partial charge is 0.377 e. The molecule has 1 rings (SSSR count). The Bertz CT molecular complexity index is 184. The SMILES string of the molecule is CCOC(CCN1CCCOC(C)C1)OCC. The normalized spacial score (nSPS) is 22.9. The van der Waals surface area contributed by atoms with Gasteiger partial charge in [-0.2, -0.15) is 0 Å². The monoisotopic (exact) mass is 245 g/mol. The molecular formula is C13H27NO3. The van der Waals surface area contributed by atoms with Crippen LogP contribution in [0.3, 0.4) is 0 Å². The summed E-state index contributed by atoms with van der Waals surface area (Å²) in [6, 6.07) is 0. The molecule has 0 radical (unpaired) electrons. The van der Waals surface area contributed by atoms with Crippen molar-refractivity contribution in [1.82, 2.24) is 4.90 Å². The van der Waals surface area contributed by atoms with Crippen molar-refractivity contribution in [1.29, 1.82) is 0 Å². The van der Waals surface area contributed by atoms with Crippen molar-refractivity contribution >= 4 is 0 Å². The lowest BCUT2D eigenvalue weighted by atomic mass is 10.3. The number of hydrogen-bond donors (Lipinski definition) is 0. The molecule has 0 N–H and O–H groups in total. The van der Waals surface area contributed by atoms with E-state index in [2.05, 4.69) is 11.8 Å². The molecule has 102 valence electrons. The Kier molecular flexibility index (Phi) is 7.77. The van der Waals surface area contributed by atoms with E-state index in [0.29, 0.717) is 19.3 Å². The van der Waals surface area contributed by atoms with E-state index in [9.17, 15) is 0 Å². The van der Waals surface area contributed by atoms with Gasteiger partial charge in [0.1, 0.15) is 0 Å². The summed E-state index contributed by atoms with van der Waals surface area (Å²) >= 11 is 0. The quantitative estimate of drug-likeness (QED) is 0.641. The van der Waals surface area contributed by atoms with Crippen LogP contribution < -0.4 is 0 Å². The number of nitrogens with zero attached hydrogens (tertiary/aromatic N) is 1. The molecule has 1 saturated heterocycles. The second kappa shape index (κ2) is 8.86. The summed E-state index contributed by atoms with van der Waals surface area (Å²) in [7, 11) is 0. The maximum absolute atomic E-state index is 5.63. The third kappa shape index (κ3) is 6.36. The van der Waals surface area contributed by atoms with E-state index in [1.165, 1.54) is 0 Å². The first-order chi connectivity index (χ1) is 8.26. The lowest BCUT2D eigenvalue weighted by Gasteiger charge is -2.24. The Hall–Kier alpha value is -0.160. The minimum atomic E-state index is -0.0514. The second-order valence-corrected chi connectivity index (χ2v) is 4.46. The Labute approximate surface area is 105 Å². The van der Waals surface area contributed by atoms with Gasteiger partial charge in [-0.25, -0.2) is 0 Å². The standard InChI is InChI=1S/C13H27NO3/c1-4-15-13(16-5-2)7-9-14-8-6-10-17-12(3)11-14/h12-13H,4-11H2,1-3H3. The fraction of sp³-hybridized carbons (Fsp3) is 1.00. The third-order valence-corrected chi connectivity index (χ3v) is 2.92. The summed E-state index contributed by atoms with van der Waals surface area (Å²) in [5, 5.41) is 0. The molecule has 0 spiro atoms. The van der Waals surface area contributed by atoms with Gasteiger partial charge in [-0.05, 0) is 27.2 Å². The molecule has 1 aliphatic heterocycles. The Morgan fingerprint density at radius 3 is 2.65 bits per heavy atom. The fourth-order valence-electron chi connectivity index (χ4n) is 2.16. The first-order valence-electron chi connectivity index (χ1n) is 6.83. The smallest absolute Gasteiger partial charge is 0.158 e. The molecule has 0 aromatic heterocycles. The molecule has 0 aromatic rings. The zero-order valence-corrected chi connectivity index (χ0v) is 11.5. The number of rotatable bonds is 7. The summed E-state index contributed by atoms with van der Waals surface area (Å²) in [6.07, 6.45) is 2.35. The molecule has 0 aromatic carbocycles. The molecule has 1 atom stereocenters. The lowest BCUT2D eigenvalue weighted by Crippen LogP contribution is -2.33. The highest BCUT2D eigenvalue weighted by Gasteiger charge is 2.16. The first-order valence-corrected chi connectivity index (χ1v) is 6.83. The molecule has 1 fully saturated rings. The van der Waals surface area contributed by atoms with E-state index in [-0.39, 0.29) is 6.29 Å². The molecule has 4 nitrogen and oxygen atoms in total. The van der Waals surface area contributed by atoms with Crippen molar-refractivity contribution in [2.24, 2.45) is 0 Å². The van der Waals surface area contributed by atoms with E-state index in [0.717, 1.165) is 39.1 Å². The van der Waals surface area contributed by atoms with Crippen molar-refractivity contribution in [2.45, 2.75) is 46.0 Å². The van der Waals surface area contributed by atoms with Crippen molar-refractivity contribution in [2.75, 3.05) is 39.5 Å². The molecule has 1 unspecified atom stereocenters. The van der Waals surface area contributed by atoms with Gasteiger partial charge in [0.05, 0.1) is 6.10 Å². The van der Waals surface area contributed by atoms with Crippen molar-refractivity contribution in [3.05, 3.63) is 0 Å². The third-order valence-electron chi connectivity index (χ3n) is 2.92. The lowest BCUT2D eigenvalue weighted by molar-refractivity contribution is -0.141. The average Bonchev–Trinajstić information content (AvgIpc) is 2.51. The van der Waals surface area contributed by atoms with E-state index in [1.54, 1.807) is 0 Å². The van der Waals surface area contributed by atoms with E-state index < -0.39 is 0 Å². The Balaban J connectivity index is 2.25. The highest BCUT2D eigenvalue weighted by molar-refractivity contribution is 4.67. The maximum Gasteiger partial charge on any atom is 0.158 e. The van der Waals surface area contributed by atoms with Gasteiger partial charge in [0.15, 0.2) is 6.29 Å². The van der Waals surface area contributed by atoms with Crippen LogP contribution in [0.2, 0.25) is 0 Å². The molecule has 1 heterocycles. The fourth-order valence-corrected chi connectivity index (χ4v) is 2.16. The highest BCUT2D eigenvalue weighted by atomic mass is 16.7. The zero-order chi connectivity index (χ0) is 12.5. The second-order valence-electron chi connectivity index (χ2n) is 4.46. The van der Waals surface area contributed by atoms with Crippen LogP contribution in [-0.2, 0) is 14.2 Å². The van der Waals surface area contributed by atoms with E-state index in [1.807, 2.05) is 13.8 Å². The minimum Gasteiger partial charge on any atom is -0.377 e. The molecule has 0 amide bonds. The van der Waals surface area contributed by atoms with Crippen LogP contribution in [0.1, 0.15) is 33.6 Å². The molecule has 1 aliphatic rings. The maximum atomic E-state index is 5.63. The Morgan fingerprint density at radius 1 is 1.29 bits per heavy atom. The predicted molar refractivity (Wildman–Crippen MR) is 68.1 cm³/mol. The summed E-state index contributed by atoms with van der Waals surface area (Å²) < 4.78 is 16.7. The highest BCUT2D eigenvalue weighted by Crippen LogP contribution is 2.08. The zero-order valence-electron chi connectivity index (χ0n) is 11.5. The van der Waals surface area contributed by atoms with Crippen LogP contribution in [0.25, 0.3) is 0 Å². The van der Waals surface area contributed by atoms with Gasteiger partial charge < -0.3 is 19.1 Å². The topological polar surface area (TPSA) is 30.9 Å². The van der Waals surface area contributed by atoms with Gasteiger partial charge in [0.2, 0.25) is 0 Å². The molecule has 0 saturated carbocycles. The Morgan fingerprint density at radius 2 is 2.00 bits per heavy atom. The number of hydrogen-bond acceptors (Lipinski definition) is 4. The van der Waals surface area contributed by atoms with Crippen LogP contribution >= 0.6 is 0 Å². The first kappa shape index (κ1) is 14.9. The minimum absolute atomic E-state index is 0.0514. The van der Waals surface area contributed by atoms with Crippen molar-refractivity contribution in [3.8, 4) is 0 Å². The number of ether oxygens (including phenoxy) is 3. The van der Waals surface area contributed by atoms with Crippen molar-refractivity contribution in [3.63, 3.8) is 0 Å². The summed E-state index contributed by atoms with van der Waals surface area (Å²) in [5.74, 6) is 0. The van der Waals surface area contributed by atoms with E-state index >= 15 is 0 Å². The predicted octanol–water partition coefficient (Wildman–Crippen LogP) is 1.89. The molecule has 0 aliphatic carbocycles. The van der Waals surface area contributed by atoms with Gasteiger partial charge in [-0.3, -0.25) is 0 Å². The van der Waals surface area contributed by atoms with Crippen LogP contribution in [-0.4, -0.2) is 56.7 Å². The van der Waals surface area contributed by atoms with Gasteiger partial charge in [0, 0.05) is 45.9 Å². The van der Waals surface area contributed by atoms with Crippen LogP contribution in [0, 0.1) is 0 Å². The van der Waals surface area contributed by atoms with E-state index in [4.69, 9.17) is 14.2 Å². The summed E-state index contributed by atoms with van der Waals surface area (Å²) in [4.78, 5) is 2.45. The van der Waals surface area contributed by atoms with Gasteiger partial charge in [-0.1, -0.05) is 0 Å². The average molecular weight is 245 g/mol. The molecule has 17 heavy (non-hydrogen) atoms. The molecule has 4 heteroatoms.